The number of hydrogen-bond acceptors (Lipinski definition) is 3. The molecule has 1 saturated heterocycles. The third kappa shape index (κ3) is 3.22. The Kier molecular flexibility index (Phi) is 3.90. The summed E-state index contributed by atoms with van der Waals surface area (Å²) in [6, 6.07) is 7.73. The molecular weight excluding hydrogens is 254 g/mol. The van der Waals surface area contributed by atoms with Gasteiger partial charge < -0.3 is 9.84 Å². The van der Waals surface area contributed by atoms with Gasteiger partial charge in [-0.05, 0) is 18.6 Å². The molecule has 1 aromatic carbocycles. The number of hydrogen-bond donors (Lipinski definition) is 1. The van der Waals surface area contributed by atoms with Gasteiger partial charge in [0.2, 0.25) is 0 Å². The highest BCUT2D eigenvalue weighted by atomic mass is 35.5. The summed E-state index contributed by atoms with van der Waals surface area (Å²) in [5, 5.41) is 9.34. The number of halogens is 1. The highest BCUT2D eigenvalue weighted by Crippen LogP contribution is 2.27. The van der Waals surface area contributed by atoms with Crippen molar-refractivity contribution in [2.24, 2.45) is 0 Å². The number of carbonyl (C=O) groups is 1. The van der Waals surface area contributed by atoms with E-state index in [0.29, 0.717) is 0 Å². The van der Waals surface area contributed by atoms with Crippen LogP contribution in [0.1, 0.15) is 12.5 Å². The van der Waals surface area contributed by atoms with Gasteiger partial charge in [-0.2, -0.15) is 0 Å². The van der Waals surface area contributed by atoms with E-state index in [-0.39, 0.29) is 12.2 Å². The van der Waals surface area contributed by atoms with Crippen molar-refractivity contribution in [1.82, 2.24) is 4.90 Å². The van der Waals surface area contributed by atoms with Crippen LogP contribution in [-0.2, 0) is 16.1 Å². The van der Waals surface area contributed by atoms with Crippen LogP contribution in [0, 0.1) is 0 Å². The van der Waals surface area contributed by atoms with Gasteiger partial charge in [0.1, 0.15) is 6.61 Å². The first-order valence-electron chi connectivity index (χ1n) is 5.80. The molecule has 0 saturated carbocycles. The molecule has 5 heteroatoms. The Hall–Kier alpha value is -1.10. The van der Waals surface area contributed by atoms with Gasteiger partial charge in [-0.15, -0.1) is 0 Å². The maximum absolute atomic E-state index is 10.4. The number of ether oxygens (including phenoxy) is 1. The zero-order valence-corrected chi connectivity index (χ0v) is 11.0. The van der Waals surface area contributed by atoms with Gasteiger partial charge in [-0.25, -0.2) is 4.79 Å². The summed E-state index contributed by atoms with van der Waals surface area (Å²) < 4.78 is 5.35. The van der Waals surface area contributed by atoms with Crippen LogP contribution < -0.4 is 0 Å². The maximum Gasteiger partial charge on any atom is 0.329 e. The summed E-state index contributed by atoms with van der Waals surface area (Å²) in [6.45, 7) is 3.91. The number of carboxylic acid groups (broad SMARTS) is 1. The molecule has 98 valence electrons. The van der Waals surface area contributed by atoms with Crippen LogP contribution in [0.3, 0.4) is 0 Å². The summed E-state index contributed by atoms with van der Waals surface area (Å²) in [5.41, 5.74) is 0.735. The number of aliphatic carboxylic acids is 1. The summed E-state index contributed by atoms with van der Waals surface area (Å²) >= 11 is 6.09. The molecule has 1 aliphatic heterocycles. The molecule has 1 N–H and O–H groups in total. The maximum atomic E-state index is 10.4. The zero-order chi connectivity index (χ0) is 13.2. The number of rotatable bonds is 5. The molecule has 4 nitrogen and oxygen atoms in total. The molecule has 1 heterocycles. The van der Waals surface area contributed by atoms with Gasteiger partial charge >= 0.3 is 5.97 Å². The van der Waals surface area contributed by atoms with Crippen molar-refractivity contribution in [1.29, 1.82) is 0 Å². The number of carboxylic acids is 1. The van der Waals surface area contributed by atoms with Gasteiger partial charge in [0.05, 0.1) is 5.60 Å². The average molecular weight is 270 g/mol. The van der Waals surface area contributed by atoms with Crippen molar-refractivity contribution in [3.05, 3.63) is 34.9 Å². The molecule has 18 heavy (non-hydrogen) atoms. The molecule has 0 bridgehead atoms. The van der Waals surface area contributed by atoms with E-state index in [2.05, 4.69) is 4.90 Å². The van der Waals surface area contributed by atoms with Crippen molar-refractivity contribution in [3.8, 4) is 0 Å². The first-order chi connectivity index (χ1) is 8.48. The lowest BCUT2D eigenvalue weighted by Crippen LogP contribution is -2.61. The van der Waals surface area contributed by atoms with E-state index in [0.717, 1.165) is 30.2 Å². The van der Waals surface area contributed by atoms with Crippen molar-refractivity contribution in [2.45, 2.75) is 19.1 Å². The molecule has 1 fully saturated rings. The molecular formula is C13H16ClNO3. The number of nitrogens with zero attached hydrogens (tertiary/aromatic N) is 1. The van der Waals surface area contributed by atoms with Crippen LogP contribution in [0.15, 0.2) is 24.3 Å². The minimum atomic E-state index is -0.930. The Labute approximate surface area is 111 Å². The van der Waals surface area contributed by atoms with E-state index in [9.17, 15) is 4.79 Å². The van der Waals surface area contributed by atoms with Gasteiger partial charge in [0.15, 0.2) is 0 Å². The molecule has 0 aromatic heterocycles. The topological polar surface area (TPSA) is 49.8 Å². The molecule has 1 aromatic rings. The Balaban J connectivity index is 1.82. The van der Waals surface area contributed by atoms with Crippen LogP contribution in [0.4, 0.5) is 0 Å². The van der Waals surface area contributed by atoms with Crippen LogP contribution in [0.2, 0.25) is 5.02 Å². The fourth-order valence-corrected chi connectivity index (χ4v) is 2.40. The van der Waals surface area contributed by atoms with E-state index in [4.69, 9.17) is 21.4 Å². The Morgan fingerprint density at radius 3 is 2.78 bits per heavy atom. The molecule has 1 aliphatic rings. The molecule has 0 aliphatic carbocycles. The van der Waals surface area contributed by atoms with Crippen LogP contribution in [0.25, 0.3) is 0 Å². The predicted octanol–water partition coefficient (Wildman–Crippen LogP) is 2.02. The minimum Gasteiger partial charge on any atom is -0.480 e. The quantitative estimate of drug-likeness (QED) is 0.888. The predicted molar refractivity (Wildman–Crippen MR) is 68.7 cm³/mol. The summed E-state index contributed by atoms with van der Waals surface area (Å²) in [6.07, 6.45) is 0. The van der Waals surface area contributed by atoms with Crippen LogP contribution >= 0.6 is 11.6 Å². The van der Waals surface area contributed by atoms with E-state index in [1.807, 2.05) is 31.2 Å². The Morgan fingerprint density at radius 1 is 1.50 bits per heavy atom. The van der Waals surface area contributed by atoms with E-state index >= 15 is 0 Å². The lowest BCUT2D eigenvalue weighted by molar-refractivity contribution is -0.165. The van der Waals surface area contributed by atoms with Gasteiger partial charge in [-0.3, -0.25) is 4.90 Å². The Morgan fingerprint density at radius 2 is 2.17 bits per heavy atom. The second kappa shape index (κ2) is 5.26. The lowest BCUT2D eigenvalue weighted by Gasteiger charge is -2.47. The second-order valence-electron chi connectivity index (χ2n) is 4.87. The molecule has 0 unspecified atom stereocenters. The van der Waals surface area contributed by atoms with Crippen molar-refractivity contribution < 1.29 is 14.6 Å². The zero-order valence-electron chi connectivity index (χ0n) is 10.2. The molecule has 0 atom stereocenters. The highest BCUT2D eigenvalue weighted by Gasteiger charge is 2.40. The fraction of sp³-hybridized carbons (Fsp3) is 0.462. The molecule has 0 amide bonds. The van der Waals surface area contributed by atoms with Gasteiger partial charge in [-0.1, -0.05) is 29.8 Å². The second-order valence-corrected chi connectivity index (χ2v) is 5.28. The van der Waals surface area contributed by atoms with Gasteiger partial charge in [0.25, 0.3) is 0 Å². The highest BCUT2D eigenvalue weighted by molar-refractivity contribution is 6.31. The summed E-state index contributed by atoms with van der Waals surface area (Å²) in [5.74, 6) is -0.930. The van der Waals surface area contributed by atoms with E-state index < -0.39 is 5.97 Å². The van der Waals surface area contributed by atoms with Crippen LogP contribution in [-0.4, -0.2) is 41.3 Å². The fourth-order valence-electron chi connectivity index (χ4n) is 2.21. The number of likely N-dealkylation sites (tertiary alicyclic amines) is 1. The first kappa shape index (κ1) is 13.3. The summed E-state index contributed by atoms with van der Waals surface area (Å²) in [4.78, 5) is 12.6. The van der Waals surface area contributed by atoms with Gasteiger partial charge in [0, 0.05) is 24.7 Å². The van der Waals surface area contributed by atoms with Crippen molar-refractivity contribution in [2.75, 3.05) is 19.7 Å². The third-order valence-electron chi connectivity index (χ3n) is 3.01. The molecule has 2 rings (SSSR count). The Bertz CT molecular complexity index is 444. The lowest BCUT2D eigenvalue weighted by atomic mass is 9.95. The first-order valence-corrected chi connectivity index (χ1v) is 6.18. The number of benzene rings is 1. The normalized spacial score (nSPS) is 18.3. The van der Waals surface area contributed by atoms with Crippen molar-refractivity contribution >= 4 is 17.6 Å². The van der Waals surface area contributed by atoms with Crippen molar-refractivity contribution in [3.63, 3.8) is 0 Å². The standard InChI is InChI=1S/C13H16ClNO3/c1-13(18-7-12(16)17)8-15(9-13)6-10-4-2-3-5-11(10)14/h2-5H,6-9H2,1H3,(H,16,17). The minimum absolute atomic E-state index is 0.240. The molecule has 0 spiro atoms. The SMILES string of the molecule is CC1(OCC(=O)O)CN(Cc2ccccc2Cl)C1. The third-order valence-corrected chi connectivity index (χ3v) is 3.38. The van der Waals surface area contributed by atoms with E-state index in [1.54, 1.807) is 0 Å². The average Bonchev–Trinajstić information content (AvgIpc) is 2.27. The van der Waals surface area contributed by atoms with E-state index in [1.165, 1.54) is 0 Å². The van der Waals surface area contributed by atoms with Crippen LogP contribution in [0.5, 0.6) is 0 Å². The largest absolute Gasteiger partial charge is 0.480 e. The molecule has 0 radical (unpaired) electrons. The summed E-state index contributed by atoms with van der Waals surface area (Å²) in [7, 11) is 0. The monoisotopic (exact) mass is 269 g/mol. The smallest absolute Gasteiger partial charge is 0.329 e.